The lowest BCUT2D eigenvalue weighted by Gasteiger charge is -2.07. The lowest BCUT2D eigenvalue weighted by molar-refractivity contribution is -0.114. The van der Waals surface area contributed by atoms with Gasteiger partial charge in [0.05, 0.1) is 9.77 Å². The first-order chi connectivity index (χ1) is 12.4. The summed E-state index contributed by atoms with van der Waals surface area (Å²) in [4.78, 5) is 12.0. The van der Waals surface area contributed by atoms with E-state index in [2.05, 4.69) is 20.2 Å². The molecule has 0 spiro atoms. The maximum atomic E-state index is 12.3. The second kappa shape index (κ2) is 7.77. The van der Waals surface area contributed by atoms with Crippen LogP contribution >= 0.6 is 11.3 Å². The van der Waals surface area contributed by atoms with Gasteiger partial charge in [0, 0.05) is 25.6 Å². The van der Waals surface area contributed by atoms with Crippen LogP contribution in [0, 0.1) is 0 Å². The molecule has 3 aromatic rings. The fourth-order valence-corrected chi connectivity index (χ4v) is 3.83. The van der Waals surface area contributed by atoms with E-state index in [0.717, 1.165) is 4.88 Å². The van der Waals surface area contributed by atoms with Gasteiger partial charge in [-0.05, 0) is 35.7 Å². The lowest BCUT2D eigenvalue weighted by Crippen LogP contribution is -2.26. The van der Waals surface area contributed by atoms with E-state index >= 15 is 0 Å². The van der Waals surface area contributed by atoms with Crippen molar-refractivity contribution in [3.05, 3.63) is 47.7 Å². The van der Waals surface area contributed by atoms with Gasteiger partial charge in [-0.25, -0.2) is 13.1 Å². The maximum Gasteiger partial charge on any atom is 0.257 e. The molecule has 3 rings (SSSR count). The summed E-state index contributed by atoms with van der Waals surface area (Å²) in [6, 6.07) is 9.66. The van der Waals surface area contributed by atoms with Crippen LogP contribution in [0.15, 0.2) is 51.1 Å². The normalized spacial score (nSPS) is 11.4. The summed E-state index contributed by atoms with van der Waals surface area (Å²) in [6.07, 6.45) is 0.279. The smallest absolute Gasteiger partial charge is 0.257 e. The van der Waals surface area contributed by atoms with Crippen molar-refractivity contribution in [1.29, 1.82) is 0 Å². The zero-order valence-corrected chi connectivity index (χ0v) is 15.4. The number of nitrogens with zero attached hydrogens (tertiary/aromatic N) is 2. The fourth-order valence-electron chi connectivity index (χ4n) is 2.15. The molecule has 0 fully saturated rings. The summed E-state index contributed by atoms with van der Waals surface area (Å²) in [6.45, 7) is 1.51. The molecule has 0 aliphatic carbocycles. The van der Waals surface area contributed by atoms with Crippen molar-refractivity contribution in [3.8, 4) is 10.8 Å². The topological polar surface area (TPSA) is 114 Å². The SMILES string of the molecule is CC(=O)Nc1ccc(S(=O)(=O)NCCc2nnc(-c3cccs3)o2)cc1. The Morgan fingerprint density at radius 1 is 1.19 bits per heavy atom. The van der Waals surface area contributed by atoms with Gasteiger partial charge < -0.3 is 9.73 Å². The van der Waals surface area contributed by atoms with Crippen molar-refractivity contribution < 1.29 is 17.6 Å². The molecule has 1 amide bonds. The molecule has 8 nitrogen and oxygen atoms in total. The van der Waals surface area contributed by atoms with Crippen molar-refractivity contribution >= 4 is 33.0 Å². The van der Waals surface area contributed by atoms with Gasteiger partial charge in [-0.2, -0.15) is 0 Å². The minimum Gasteiger partial charge on any atom is -0.420 e. The number of thiophene rings is 1. The molecular formula is C16H16N4O4S2. The van der Waals surface area contributed by atoms with E-state index in [0.29, 0.717) is 17.5 Å². The number of hydrogen-bond donors (Lipinski definition) is 2. The quantitative estimate of drug-likeness (QED) is 0.637. The number of amides is 1. The predicted molar refractivity (Wildman–Crippen MR) is 97.2 cm³/mol. The van der Waals surface area contributed by atoms with Gasteiger partial charge in [-0.15, -0.1) is 21.5 Å². The summed E-state index contributed by atoms with van der Waals surface area (Å²) < 4.78 is 32.6. The van der Waals surface area contributed by atoms with Crippen LogP contribution in [0.25, 0.3) is 10.8 Å². The Hall–Kier alpha value is -2.56. The van der Waals surface area contributed by atoms with Gasteiger partial charge in [0.15, 0.2) is 0 Å². The third kappa shape index (κ3) is 4.54. The van der Waals surface area contributed by atoms with Gasteiger partial charge in [-0.3, -0.25) is 4.79 Å². The number of nitrogens with one attached hydrogen (secondary N) is 2. The third-order valence-electron chi connectivity index (χ3n) is 3.31. The first-order valence-corrected chi connectivity index (χ1v) is 10.0. The minimum absolute atomic E-state index is 0.108. The molecule has 0 radical (unpaired) electrons. The first kappa shape index (κ1) is 18.2. The van der Waals surface area contributed by atoms with Gasteiger partial charge >= 0.3 is 0 Å². The number of carbonyl (C=O) groups excluding carboxylic acids is 1. The van der Waals surface area contributed by atoms with Gasteiger partial charge in [0.2, 0.25) is 21.8 Å². The van der Waals surface area contributed by atoms with Crippen molar-refractivity contribution in [2.24, 2.45) is 0 Å². The number of benzene rings is 1. The zero-order valence-electron chi connectivity index (χ0n) is 13.8. The second-order valence-corrected chi connectivity index (χ2v) is 8.05. The largest absolute Gasteiger partial charge is 0.420 e. The molecule has 1 aromatic carbocycles. The first-order valence-electron chi connectivity index (χ1n) is 7.67. The Bertz CT molecular complexity index is 980. The standard InChI is InChI=1S/C16H16N4O4S2/c1-11(21)18-12-4-6-13(7-5-12)26(22,23)17-9-8-15-19-20-16(24-15)14-3-2-10-25-14/h2-7,10,17H,8-9H2,1H3,(H,18,21). The molecule has 0 unspecified atom stereocenters. The van der Waals surface area contributed by atoms with Crippen LogP contribution in [0.5, 0.6) is 0 Å². The molecule has 136 valence electrons. The molecular weight excluding hydrogens is 376 g/mol. The lowest BCUT2D eigenvalue weighted by atomic mass is 10.3. The van der Waals surface area contributed by atoms with Crippen molar-refractivity contribution in [2.75, 3.05) is 11.9 Å². The highest BCUT2D eigenvalue weighted by molar-refractivity contribution is 7.89. The third-order valence-corrected chi connectivity index (χ3v) is 5.65. The van der Waals surface area contributed by atoms with Crippen LogP contribution in [-0.2, 0) is 21.2 Å². The molecule has 2 heterocycles. The molecule has 0 saturated carbocycles. The average molecular weight is 392 g/mol. The average Bonchev–Trinajstić information content (AvgIpc) is 3.26. The highest BCUT2D eigenvalue weighted by atomic mass is 32.2. The van der Waals surface area contributed by atoms with Crippen LogP contribution in [0.1, 0.15) is 12.8 Å². The van der Waals surface area contributed by atoms with E-state index in [1.807, 2.05) is 17.5 Å². The molecule has 0 aliphatic heterocycles. The minimum atomic E-state index is -3.66. The second-order valence-electron chi connectivity index (χ2n) is 5.33. The highest BCUT2D eigenvalue weighted by Crippen LogP contribution is 2.23. The molecule has 26 heavy (non-hydrogen) atoms. The molecule has 2 aromatic heterocycles. The van der Waals surface area contributed by atoms with Crippen molar-refractivity contribution in [2.45, 2.75) is 18.2 Å². The van der Waals surface area contributed by atoms with Gasteiger partial charge in [0.1, 0.15) is 0 Å². The number of sulfonamides is 1. The van der Waals surface area contributed by atoms with E-state index in [4.69, 9.17) is 4.42 Å². The molecule has 2 N–H and O–H groups in total. The molecule has 10 heteroatoms. The van der Waals surface area contributed by atoms with Crippen LogP contribution in [0.4, 0.5) is 5.69 Å². The van der Waals surface area contributed by atoms with E-state index in [9.17, 15) is 13.2 Å². The van der Waals surface area contributed by atoms with Gasteiger partial charge in [-0.1, -0.05) is 6.07 Å². The van der Waals surface area contributed by atoms with E-state index in [1.54, 1.807) is 0 Å². The Morgan fingerprint density at radius 2 is 1.96 bits per heavy atom. The zero-order chi connectivity index (χ0) is 18.6. The molecule has 0 saturated heterocycles. The van der Waals surface area contributed by atoms with Crippen LogP contribution in [0.3, 0.4) is 0 Å². The maximum absolute atomic E-state index is 12.3. The van der Waals surface area contributed by atoms with Crippen LogP contribution in [0.2, 0.25) is 0 Å². The number of anilines is 1. The van der Waals surface area contributed by atoms with E-state index in [-0.39, 0.29) is 23.8 Å². The Balaban J connectivity index is 1.57. The molecule has 0 bridgehead atoms. The van der Waals surface area contributed by atoms with Crippen molar-refractivity contribution in [3.63, 3.8) is 0 Å². The number of hydrogen-bond acceptors (Lipinski definition) is 7. The number of aromatic nitrogens is 2. The van der Waals surface area contributed by atoms with Crippen molar-refractivity contribution in [1.82, 2.24) is 14.9 Å². The number of carbonyl (C=O) groups is 1. The fraction of sp³-hybridized carbons (Fsp3) is 0.188. The summed E-state index contributed by atoms with van der Waals surface area (Å²) >= 11 is 1.49. The predicted octanol–water partition coefficient (Wildman–Crippen LogP) is 2.28. The summed E-state index contributed by atoms with van der Waals surface area (Å²) in [5.41, 5.74) is 0.531. The van der Waals surface area contributed by atoms with Crippen LogP contribution < -0.4 is 10.0 Å². The van der Waals surface area contributed by atoms with E-state index in [1.165, 1.54) is 42.5 Å². The van der Waals surface area contributed by atoms with Crippen LogP contribution in [-0.4, -0.2) is 31.1 Å². The molecule has 0 aliphatic rings. The number of rotatable bonds is 7. The highest BCUT2D eigenvalue weighted by Gasteiger charge is 2.15. The van der Waals surface area contributed by atoms with Gasteiger partial charge in [0.25, 0.3) is 5.89 Å². The molecule has 0 atom stereocenters. The summed E-state index contributed by atoms with van der Waals surface area (Å²) in [5, 5.41) is 12.4. The van der Waals surface area contributed by atoms with E-state index < -0.39 is 10.0 Å². The monoisotopic (exact) mass is 392 g/mol. The summed E-state index contributed by atoms with van der Waals surface area (Å²) in [7, 11) is -3.66. The Labute approximate surface area is 154 Å². The Kier molecular flexibility index (Phi) is 5.45. The summed E-state index contributed by atoms with van der Waals surface area (Å²) in [5.74, 6) is 0.559. The Morgan fingerprint density at radius 3 is 2.62 bits per heavy atom.